The van der Waals surface area contributed by atoms with Gasteiger partial charge in [-0.05, 0) is 43.0 Å². The highest BCUT2D eigenvalue weighted by Gasteiger charge is 2.16. The number of carbonyl (C=O) groups is 2. The minimum atomic E-state index is -0.614. The molecule has 2 aromatic carbocycles. The summed E-state index contributed by atoms with van der Waals surface area (Å²) in [6.07, 6.45) is 4.50. The average molecular weight is 419 g/mol. The van der Waals surface area contributed by atoms with Crippen molar-refractivity contribution in [3.8, 4) is 0 Å². The first-order chi connectivity index (χ1) is 15.1. The second-order valence-electron chi connectivity index (χ2n) is 7.69. The van der Waals surface area contributed by atoms with Gasteiger partial charge >= 0.3 is 5.97 Å². The molecule has 7 heteroatoms. The molecule has 0 saturated carbocycles. The number of nitrogens with zero attached hydrogens (tertiary/aromatic N) is 2. The van der Waals surface area contributed by atoms with Crippen LogP contribution in [0.3, 0.4) is 0 Å². The molecule has 0 atom stereocenters. The molecule has 31 heavy (non-hydrogen) atoms. The average Bonchev–Trinajstić information content (AvgIpc) is 3.04. The zero-order chi connectivity index (χ0) is 21.6. The molecule has 1 N–H and O–H groups in total. The Morgan fingerprint density at radius 2 is 1.90 bits per heavy atom. The van der Waals surface area contributed by atoms with Crippen molar-refractivity contribution < 1.29 is 14.3 Å². The Morgan fingerprint density at radius 3 is 2.74 bits per heavy atom. The van der Waals surface area contributed by atoms with Crippen molar-refractivity contribution in [3.05, 3.63) is 75.8 Å². The van der Waals surface area contributed by atoms with E-state index < -0.39 is 5.97 Å². The highest BCUT2D eigenvalue weighted by Crippen LogP contribution is 2.16. The summed E-state index contributed by atoms with van der Waals surface area (Å²) in [6, 6.07) is 14.5. The van der Waals surface area contributed by atoms with Crippen LogP contribution in [-0.2, 0) is 28.9 Å². The zero-order valence-electron chi connectivity index (χ0n) is 17.3. The third-order valence-corrected chi connectivity index (χ3v) is 5.47. The fourth-order valence-corrected chi connectivity index (χ4v) is 3.80. The van der Waals surface area contributed by atoms with Gasteiger partial charge in [0.1, 0.15) is 5.82 Å². The summed E-state index contributed by atoms with van der Waals surface area (Å²) in [5.74, 6) is -0.206. The summed E-state index contributed by atoms with van der Waals surface area (Å²) in [5, 5.41) is 3.23. The molecule has 0 radical (unpaired) electrons. The standard InChI is InChI=1S/C24H25N3O4/c28-22(25-13-12-17-7-3-1-4-8-17)16-31-24(30)18-10-11-19-20(15-18)26-21-9-5-2-6-14-27(21)23(19)29/h1,3-4,7-8,10-11,15H,2,5-6,9,12-14,16H2,(H,25,28). The molecule has 1 aliphatic heterocycles. The van der Waals surface area contributed by atoms with Crippen LogP contribution in [0.4, 0.5) is 0 Å². The van der Waals surface area contributed by atoms with Crippen LogP contribution in [0.25, 0.3) is 10.9 Å². The topological polar surface area (TPSA) is 90.3 Å². The van der Waals surface area contributed by atoms with E-state index >= 15 is 0 Å². The summed E-state index contributed by atoms with van der Waals surface area (Å²) in [6.45, 7) is 0.793. The van der Waals surface area contributed by atoms with Crippen LogP contribution < -0.4 is 10.9 Å². The molecule has 0 aliphatic carbocycles. The zero-order valence-corrected chi connectivity index (χ0v) is 17.3. The molecule has 1 aromatic heterocycles. The van der Waals surface area contributed by atoms with Crippen LogP contribution in [0.1, 0.15) is 41.0 Å². The summed E-state index contributed by atoms with van der Waals surface area (Å²) < 4.78 is 6.89. The first-order valence-electron chi connectivity index (χ1n) is 10.6. The van der Waals surface area contributed by atoms with E-state index in [2.05, 4.69) is 10.3 Å². The molecule has 0 unspecified atom stereocenters. The van der Waals surface area contributed by atoms with E-state index in [-0.39, 0.29) is 23.6 Å². The smallest absolute Gasteiger partial charge is 0.338 e. The number of aromatic nitrogens is 2. The number of amides is 1. The summed E-state index contributed by atoms with van der Waals surface area (Å²) in [7, 11) is 0. The highest BCUT2D eigenvalue weighted by atomic mass is 16.5. The number of ether oxygens (including phenoxy) is 1. The third kappa shape index (κ3) is 4.99. The maximum absolute atomic E-state index is 12.8. The molecule has 3 aromatic rings. The number of esters is 1. The van der Waals surface area contributed by atoms with E-state index in [1.165, 1.54) is 0 Å². The molecule has 0 fully saturated rings. The van der Waals surface area contributed by atoms with E-state index in [4.69, 9.17) is 4.74 Å². The van der Waals surface area contributed by atoms with Crippen LogP contribution in [0, 0.1) is 0 Å². The third-order valence-electron chi connectivity index (χ3n) is 5.47. The van der Waals surface area contributed by atoms with Crippen molar-refractivity contribution in [2.45, 2.75) is 38.6 Å². The first-order valence-corrected chi connectivity index (χ1v) is 10.6. The maximum atomic E-state index is 12.8. The highest BCUT2D eigenvalue weighted by molar-refractivity contribution is 5.95. The molecule has 7 nitrogen and oxygen atoms in total. The van der Waals surface area contributed by atoms with Gasteiger partial charge in [-0.15, -0.1) is 0 Å². The minimum absolute atomic E-state index is 0.0698. The summed E-state index contributed by atoms with van der Waals surface area (Å²) in [4.78, 5) is 41.8. The van der Waals surface area contributed by atoms with Crippen molar-refractivity contribution in [2.75, 3.05) is 13.2 Å². The van der Waals surface area contributed by atoms with E-state index in [1.54, 1.807) is 22.8 Å². The van der Waals surface area contributed by atoms with Crippen molar-refractivity contribution in [2.24, 2.45) is 0 Å². The van der Waals surface area contributed by atoms with Crippen LogP contribution in [0.15, 0.2) is 53.3 Å². The molecule has 0 spiro atoms. The second kappa shape index (κ2) is 9.55. The fraction of sp³-hybridized carbons (Fsp3) is 0.333. The Balaban J connectivity index is 1.37. The largest absolute Gasteiger partial charge is 0.452 e. The Morgan fingerprint density at radius 1 is 1.06 bits per heavy atom. The Kier molecular flexibility index (Phi) is 6.40. The summed E-state index contributed by atoms with van der Waals surface area (Å²) in [5.41, 5.74) is 1.81. The lowest BCUT2D eigenvalue weighted by Crippen LogP contribution is -2.30. The van der Waals surface area contributed by atoms with Gasteiger partial charge in [-0.1, -0.05) is 36.8 Å². The van der Waals surface area contributed by atoms with Gasteiger partial charge in [0, 0.05) is 19.5 Å². The van der Waals surface area contributed by atoms with Gasteiger partial charge in [0.2, 0.25) is 0 Å². The Bertz CT molecular complexity index is 1150. The maximum Gasteiger partial charge on any atom is 0.338 e. The van der Waals surface area contributed by atoms with Gasteiger partial charge < -0.3 is 10.1 Å². The van der Waals surface area contributed by atoms with Crippen LogP contribution >= 0.6 is 0 Å². The number of nitrogens with one attached hydrogen (secondary N) is 1. The molecule has 1 aliphatic rings. The number of benzene rings is 2. The number of hydrogen-bond acceptors (Lipinski definition) is 5. The summed E-state index contributed by atoms with van der Waals surface area (Å²) >= 11 is 0. The molecule has 4 rings (SSSR count). The van der Waals surface area contributed by atoms with Gasteiger partial charge in [0.25, 0.3) is 11.5 Å². The van der Waals surface area contributed by atoms with Gasteiger partial charge in [-0.25, -0.2) is 9.78 Å². The van der Waals surface area contributed by atoms with E-state index in [9.17, 15) is 14.4 Å². The first kappa shape index (κ1) is 20.8. The van der Waals surface area contributed by atoms with E-state index in [0.717, 1.165) is 37.1 Å². The molecular weight excluding hydrogens is 394 g/mol. The van der Waals surface area contributed by atoms with E-state index in [1.807, 2.05) is 30.3 Å². The second-order valence-corrected chi connectivity index (χ2v) is 7.69. The number of hydrogen-bond donors (Lipinski definition) is 1. The van der Waals surface area contributed by atoms with Crippen LogP contribution in [-0.4, -0.2) is 34.6 Å². The predicted octanol–water partition coefficient (Wildman–Crippen LogP) is 2.64. The fourth-order valence-electron chi connectivity index (χ4n) is 3.80. The molecule has 0 bridgehead atoms. The van der Waals surface area contributed by atoms with Crippen molar-refractivity contribution in [1.29, 1.82) is 0 Å². The monoisotopic (exact) mass is 419 g/mol. The van der Waals surface area contributed by atoms with Crippen molar-refractivity contribution in [3.63, 3.8) is 0 Å². The molecular formula is C24H25N3O4. The van der Waals surface area contributed by atoms with Crippen molar-refractivity contribution >= 4 is 22.8 Å². The van der Waals surface area contributed by atoms with Gasteiger partial charge in [0.15, 0.2) is 6.61 Å². The van der Waals surface area contributed by atoms with E-state index in [0.29, 0.717) is 30.4 Å². The Labute approximate surface area is 180 Å². The molecule has 160 valence electrons. The van der Waals surface area contributed by atoms with Crippen LogP contribution in [0.5, 0.6) is 0 Å². The minimum Gasteiger partial charge on any atom is -0.452 e. The SMILES string of the molecule is O=C(COC(=O)c1ccc2c(=O)n3c(nc2c1)CCCCC3)NCCc1ccccc1. The van der Waals surface area contributed by atoms with Crippen LogP contribution in [0.2, 0.25) is 0 Å². The predicted molar refractivity (Wildman–Crippen MR) is 117 cm³/mol. The number of fused-ring (bicyclic) bond motifs is 2. The lowest BCUT2D eigenvalue weighted by atomic mass is 10.1. The van der Waals surface area contributed by atoms with Gasteiger partial charge in [-0.3, -0.25) is 14.2 Å². The molecule has 0 saturated heterocycles. The Hall–Kier alpha value is -3.48. The number of rotatable bonds is 6. The lowest BCUT2D eigenvalue weighted by molar-refractivity contribution is -0.124. The number of carbonyl (C=O) groups excluding carboxylic acids is 2. The number of aryl methyl sites for hydroxylation is 1. The molecule has 2 heterocycles. The quantitative estimate of drug-likeness (QED) is 0.621. The van der Waals surface area contributed by atoms with Gasteiger partial charge in [-0.2, -0.15) is 0 Å². The lowest BCUT2D eigenvalue weighted by Gasteiger charge is -2.11. The normalized spacial score (nSPS) is 13.3. The molecule has 1 amide bonds. The van der Waals surface area contributed by atoms with Crippen molar-refractivity contribution in [1.82, 2.24) is 14.9 Å². The van der Waals surface area contributed by atoms with Gasteiger partial charge in [0.05, 0.1) is 16.5 Å².